The fraction of sp³-hybridized carbons (Fsp3) is 0.705. The zero-order valence-corrected chi connectivity index (χ0v) is 82.8. The zero-order valence-electron chi connectivity index (χ0n) is 82.8. The lowest BCUT2D eigenvalue weighted by Crippen LogP contribution is -2.62. The van der Waals surface area contributed by atoms with Crippen molar-refractivity contribution in [1.82, 2.24) is 78.7 Å². The molecule has 776 valence electrons. The van der Waals surface area contributed by atoms with Gasteiger partial charge in [0.25, 0.3) is 0 Å². The Labute approximate surface area is 813 Å². The van der Waals surface area contributed by atoms with Crippen LogP contribution in [0.2, 0.25) is 0 Å². The molecular weight excluding hydrogens is 1800 g/mol. The van der Waals surface area contributed by atoms with Gasteiger partial charge in [0.2, 0.25) is 88.6 Å². The molecule has 0 saturated heterocycles. The molecule has 15 amide bonds. The van der Waals surface area contributed by atoms with E-state index in [1.807, 2.05) is 0 Å². The van der Waals surface area contributed by atoms with Crippen LogP contribution in [-0.4, -0.2) is 261 Å². The summed E-state index contributed by atoms with van der Waals surface area (Å²) >= 11 is 0. The summed E-state index contributed by atoms with van der Waals surface area (Å²) in [6, 6.07) is -10.5. The molecule has 0 aliphatic heterocycles. The number of nitrogens with one attached hydrogen (secondary N) is 13. The maximum absolute atomic E-state index is 14.9. The highest BCUT2D eigenvalue weighted by molar-refractivity contribution is 6.00. The Hall–Kier alpha value is -12.1. The Bertz CT molecular complexity index is 4550. The minimum atomic E-state index is -1.95. The summed E-state index contributed by atoms with van der Waals surface area (Å²) in [5.41, 5.74) is 34.9. The number of hydrogen-bond acceptors (Lipinski definition) is 23. The number of fused-ring (bicyclic) bond motifs is 5. The number of nitrogens with two attached hydrogens (primary N) is 6. The molecule has 22 atom stereocenters. The van der Waals surface area contributed by atoms with Crippen LogP contribution < -0.4 is 98.2 Å². The van der Waals surface area contributed by atoms with Gasteiger partial charge in [-0.2, -0.15) is 0 Å². The number of carbonyl (C=O) groups is 17. The number of ether oxygens (including phenoxy) is 1. The van der Waals surface area contributed by atoms with Crippen molar-refractivity contribution in [3.63, 3.8) is 0 Å². The van der Waals surface area contributed by atoms with Crippen LogP contribution in [0.15, 0.2) is 52.8 Å². The molecule has 139 heavy (non-hydrogen) atoms. The summed E-state index contributed by atoms with van der Waals surface area (Å²) in [4.78, 5) is 253. The Morgan fingerprint density at radius 2 is 1.01 bits per heavy atom. The number of guanidine groups is 2. The van der Waals surface area contributed by atoms with Crippen LogP contribution in [0, 0.1) is 70.0 Å². The number of carboxylic acids is 1. The number of aliphatic carboxylic acids is 1. The minimum Gasteiger partial charge on any atom is -0.481 e. The van der Waals surface area contributed by atoms with Crippen LogP contribution in [-0.2, 0) is 99.1 Å². The summed E-state index contributed by atoms with van der Waals surface area (Å²) in [7, 11) is 1.42. The molecule has 0 bridgehead atoms. The number of imidazole rings is 1. The number of rotatable bonds is 58. The number of primary amides is 2. The van der Waals surface area contributed by atoms with Crippen LogP contribution >= 0.6 is 0 Å². The van der Waals surface area contributed by atoms with Crippen molar-refractivity contribution in [3.05, 3.63) is 54.1 Å². The van der Waals surface area contributed by atoms with Crippen molar-refractivity contribution in [1.29, 1.82) is 0 Å². The number of aliphatic imine (C=N–C) groups is 2. The number of H-pyrrole nitrogens is 1. The van der Waals surface area contributed by atoms with Crippen LogP contribution in [0.3, 0.4) is 0 Å². The number of carbonyl (C=O) groups excluding carboxylic acids is 16. The van der Waals surface area contributed by atoms with Gasteiger partial charge in [0.15, 0.2) is 11.9 Å². The summed E-state index contributed by atoms with van der Waals surface area (Å²) in [5, 5.41) is 63.0. The van der Waals surface area contributed by atoms with Crippen molar-refractivity contribution in [2.24, 2.45) is 114 Å². The van der Waals surface area contributed by atoms with Gasteiger partial charge >= 0.3 is 11.9 Å². The van der Waals surface area contributed by atoms with Crippen molar-refractivity contribution < 1.29 is 102 Å². The molecule has 44 nitrogen and oxygen atoms in total. The second-order valence-corrected chi connectivity index (χ2v) is 39.7. The molecule has 0 unspecified atom stereocenters. The molecule has 4 saturated carbocycles. The third-order valence-electron chi connectivity index (χ3n) is 28.2. The predicted molar refractivity (Wildman–Crippen MR) is 514 cm³/mol. The molecule has 44 heteroatoms. The third kappa shape index (κ3) is 35.3. The monoisotopic (exact) mass is 1950 g/mol. The van der Waals surface area contributed by atoms with Gasteiger partial charge in [-0.15, -0.1) is 0 Å². The zero-order chi connectivity index (χ0) is 103. The molecule has 28 N–H and O–H groups in total. The molecule has 0 spiro atoms. The Balaban J connectivity index is 1.14. The molecular formula is C95H155N23O21. The minimum absolute atomic E-state index is 0.0143. The summed E-state index contributed by atoms with van der Waals surface area (Å²) in [5.74, 6) is -15.7. The lowest BCUT2D eigenvalue weighted by atomic mass is 9.44. The van der Waals surface area contributed by atoms with E-state index >= 15 is 0 Å². The number of aromatic amines is 1. The second kappa shape index (κ2) is 55.6. The number of aromatic nitrogens is 2. The maximum atomic E-state index is 14.9. The van der Waals surface area contributed by atoms with Gasteiger partial charge in [0.05, 0.1) is 26.7 Å². The van der Waals surface area contributed by atoms with Crippen LogP contribution in [0.4, 0.5) is 0 Å². The first-order valence-corrected chi connectivity index (χ1v) is 48.7. The van der Waals surface area contributed by atoms with Gasteiger partial charge in [-0.1, -0.05) is 113 Å². The van der Waals surface area contributed by atoms with E-state index in [2.05, 4.69) is 105 Å². The number of nitrogens with zero attached hydrogens (tertiary/aromatic N) is 4. The largest absolute Gasteiger partial charge is 0.481 e. The lowest BCUT2D eigenvalue weighted by Gasteiger charge is -2.61. The van der Waals surface area contributed by atoms with E-state index in [0.717, 1.165) is 56.8 Å². The predicted octanol–water partition coefficient (Wildman–Crippen LogP) is -1.02. The summed E-state index contributed by atoms with van der Waals surface area (Å²) in [6.07, 6.45) is 9.77. The van der Waals surface area contributed by atoms with E-state index < -0.39 is 230 Å². The standard InChI is InChI=1S/C95H155N23O21/c1-14-53(8)79(91(138)116-78(52(6)7)90(137)114-71(44-59-45-102-49-105-59)86(133)108-66(29-31-74(96)122)83(130)107-64(22-18-38-103-92(98)99)81(128)112-69(40-50(2)3)85(132)111-68(80(97)127)42-56-20-16-15-17-21-56)117-87(134)70(41-51(4)5)113-84(131)67(30-32-76(124)125)109-88(135)72(47-119)115-82(129)65(23-19-39-104-93(100)101)110-89(136)73(48-120)118(55(10)121)46-75(123)106-58-34-36-94(11)57(43-58)25-26-60-62-28-27-61(54(9)24-33-77(126)139-13)95(62,12)37-35-63(60)94/h15-17,20-21,45,49-54,57-58,60-73,78-79,119-120H,14,18-19,22-44,46-48H2,1-13H3,(H2,96,122)(H2,97,127)(H,102,105)(H,106,123)(H,107,130)(H,108,133)(H,109,135)(H,110,136)(H,111,132)(H,112,128)(H,113,131)(H,114,137)(H,115,129)(H,116,138)(H,117,134)(H,124,125)(H4,98,99,103)(H4,100,101,104)/t53-,54+,57+,58-,60-,61+,62-,63-,64-,65-,66-,67-,68-,69-,70-,71-,72-,73-,78-,79-,94-,95+/m0/s1. The molecule has 4 aliphatic rings. The van der Waals surface area contributed by atoms with Gasteiger partial charge in [-0.25, -0.2) is 4.98 Å². The Kier molecular flexibility index (Phi) is 46.3. The highest BCUT2D eigenvalue weighted by atomic mass is 16.5. The van der Waals surface area contributed by atoms with E-state index in [4.69, 9.17) is 39.1 Å². The number of aliphatic hydroxyl groups excluding tert-OH is 2. The van der Waals surface area contributed by atoms with Gasteiger partial charge in [0, 0.05) is 70.0 Å². The van der Waals surface area contributed by atoms with E-state index in [1.54, 1.807) is 85.7 Å². The molecule has 1 heterocycles. The highest BCUT2D eigenvalue weighted by Crippen LogP contribution is 2.68. The molecule has 1 aromatic heterocycles. The summed E-state index contributed by atoms with van der Waals surface area (Å²) < 4.78 is 4.96. The number of amides is 15. The van der Waals surface area contributed by atoms with Gasteiger partial charge in [-0.05, 0) is 191 Å². The number of methoxy groups -OCH3 is 1. The second-order valence-electron chi connectivity index (χ2n) is 39.7. The quantitative estimate of drug-likeness (QED) is 0.0163. The molecule has 0 radical (unpaired) electrons. The number of aliphatic hydroxyl groups is 2. The first-order valence-electron chi connectivity index (χ1n) is 48.7. The maximum Gasteiger partial charge on any atom is 0.305 e. The number of benzene rings is 1. The topological polar surface area (TPSA) is 717 Å². The normalized spacial score (nSPS) is 21.6. The average molecular weight is 1960 g/mol. The third-order valence-corrected chi connectivity index (χ3v) is 28.2. The molecule has 2 aromatic rings. The number of esters is 1. The Morgan fingerprint density at radius 1 is 0.525 bits per heavy atom. The highest BCUT2D eigenvalue weighted by Gasteiger charge is 2.61. The van der Waals surface area contributed by atoms with Crippen LogP contribution in [0.1, 0.15) is 236 Å². The Morgan fingerprint density at radius 3 is 1.50 bits per heavy atom. The van der Waals surface area contributed by atoms with E-state index in [1.165, 1.54) is 26.1 Å². The number of carboxylic acid groups (broad SMARTS) is 1. The van der Waals surface area contributed by atoms with E-state index in [0.29, 0.717) is 60.3 Å². The molecule has 4 aliphatic carbocycles. The van der Waals surface area contributed by atoms with Gasteiger partial charge < -0.3 is 128 Å². The fourth-order valence-corrected chi connectivity index (χ4v) is 20.5. The first-order chi connectivity index (χ1) is 65.6. The van der Waals surface area contributed by atoms with Crippen molar-refractivity contribution in [2.75, 3.05) is 40.0 Å². The first kappa shape index (κ1) is 116. The van der Waals surface area contributed by atoms with Gasteiger partial charge in [-0.3, -0.25) is 91.5 Å². The van der Waals surface area contributed by atoms with Crippen LogP contribution in [0.25, 0.3) is 0 Å². The molecule has 4 fully saturated rings. The van der Waals surface area contributed by atoms with E-state index in [9.17, 15) is 96.8 Å². The van der Waals surface area contributed by atoms with E-state index in [-0.39, 0.29) is 117 Å². The number of hydrogen-bond donors (Lipinski definition) is 22. The average Bonchev–Trinajstić information content (AvgIpc) is 1.62. The molecule has 1 aromatic carbocycles. The smallest absolute Gasteiger partial charge is 0.305 e. The fourth-order valence-electron chi connectivity index (χ4n) is 20.5. The van der Waals surface area contributed by atoms with Gasteiger partial charge in [0.1, 0.15) is 79.0 Å². The van der Waals surface area contributed by atoms with Crippen molar-refractivity contribution in [3.8, 4) is 0 Å². The SMILES string of the molecule is CC[C@H](C)[C@H](NC(=O)[C@H](CC(C)C)NC(=O)[C@H](CCC(=O)O)NC(=O)[C@H](CO)NC(=O)[C@H](CCCN=C(N)N)NC(=O)[C@H](CO)N(CC(=O)N[C@H]1CC[C@@]2(C)[C@H](CC[C@@H]3[C@@H]2CC[C@]2(C)[C@@H]([C@H](C)CCC(=O)OC)CC[C@@H]32)C1)C(C)=O)C(=O)N[C@H](C(=O)N[C@@H](Cc1cnc[nH]1)C(=O)N[C@@H](CCC(N)=O)C(=O)N[C@@H](CCCN=C(N)N)C(=O)N[C@@H](CC(C)C)C(=O)N[C@@H](Cc1ccccc1)C(N)=O)C(C)C. The molecule has 6 rings (SSSR count). The lowest BCUT2D eigenvalue weighted by molar-refractivity contribution is -0.145. The van der Waals surface area contributed by atoms with Crippen LogP contribution in [0.5, 0.6) is 0 Å². The van der Waals surface area contributed by atoms with Crippen molar-refractivity contribution >= 4 is 112 Å². The van der Waals surface area contributed by atoms with Crippen molar-refractivity contribution in [2.45, 2.75) is 316 Å². The summed E-state index contributed by atoms with van der Waals surface area (Å²) in [6.45, 7) is 18.7.